The first kappa shape index (κ1) is 24.1. The number of hydrogen-bond donors (Lipinski definition) is 0. The minimum atomic E-state index is -4.52. The quantitative estimate of drug-likeness (QED) is 0.340. The number of hydrogen-bond acceptors (Lipinski definition) is 5. The molecule has 5 nitrogen and oxygen atoms in total. The molecule has 0 amide bonds. The number of pyridine rings is 2. The van der Waals surface area contributed by atoms with Crippen molar-refractivity contribution in [1.82, 2.24) is 14.9 Å². The van der Waals surface area contributed by atoms with Gasteiger partial charge in [0, 0.05) is 55.4 Å². The average Bonchev–Trinajstić information content (AvgIpc) is 3.13. The van der Waals surface area contributed by atoms with Crippen LogP contribution in [-0.4, -0.2) is 48.2 Å². The van der Waals surface area contributed by atoms with Gasteiger partial charge in [0.25, 0.3) is 0 Å². The summed E-state index contributed by atoms with van der Waals surface area (Å²) < 4.78 is 46.1. The first-order valence-electron chi connectivity index (χ1n) is 12.0. The van der Waals surface area contributed by atoms with Crippen LogP contribution in [0.4, 0.5) is 19.0 Å². The van der Waals surface area contributed by atoms with Crippen molar-refractivity contribution >= 4 is 16.7 Å². The van der Waals surface area contributed by atoms with Gasteiger partial charge in [0.15, 0.2) is 0 Å². The van der Waals surface area contributed by atoms with Gasteiger partial charge >= 0.3 is 6.18 Å². The second-order valence-corrected chi connectivity index (χ2v) is 8.88. The fourth-order valence-electron chi connectivity index (χ4n) is 4.76. The normalized spacial score (nSPS) is 15.2. The molecule has 0 aliphatic carbocycles. The molecule has 5 rings (SSSR count). The van der Waals surface area contributed by atoms with E-state index in [9.17, 15) is 13.2 Å². The van der Waals surface area contributed by atoms with Crippen LogP contribution in [0.5, 0.6) is 5.75 Å². The summed E-state index contributed by atoms with van der Waals surface area (Å²) in [5, 5.41) is 0.627. The Kier molecular flexibility index (Phi) is 6.78. The highest BCUT2D eigenvalue weighted by Crippen LogP contribution is 2.36. The molecule has 0 atom stereocenters. The van der Waals surface area contributed by atoms with Crippen molar-refractivity contribution < 1.29 is 17.9 Å². The van der Waals surface area contributed by atoms with Gasteiger partial charge in [-0.2, -0.15) is 13.2 Å². The molecule has 1 fully saturated rings. The predicted molar refractivity (Wildman–Crippen MR) is 135 cm³/mol. The molecule has 1 aliphatic rings. The third-order valence-electron chi connectivity index (χ3n) is 6.56. The van der Waals surface area contributed by atoms with E-state index in [0.29, 0.717) is 28.8 Å². The number of halogens is 3. The molecule has 0 N–H and O–H groups in total. The van der Waals surface area contributed by atoms with Crippen molar-refractivity contribution in [1.29, 1.82) is 0 Å². The van der Waals surface area contributed by atoms with Crippen LogP contribution in [0.15, 0.2) is 72.9 Å². The molecule has 0 radical (unpaired) electrons. The Hall–Kier alpha value is -3.65. The number of para-hydroxylation sites is 1. The first-order valence-corrected chi connectivity index (χ1v) is 12.0. The smallest absolute Gasteiger partial charge is 0.433 e. The van der Waals surface area contributed by atoms with E-state index in [0.717, 1.165) is 55.5 Å². The van der Waals surface area contributed by atoms with Crippen LogP contribution in [0.1, 0.15) is 17.7 Å². The van der Waals surface area contributed by atoms with E-state index in [1.54, 1.807) is 13.3 Å². The standard InChI is InChI=1S/C28H27F3N4O/c1-36-24-11-6-5-10-21(24)19-34-14-7-15-35(17-16-34)27-22-12-13-25(28(29,30)31)33-26(22)23(18-32-27)20-8-3-2-4-9-20/h2-6,8-13,18H,7,14-17,19H2,1H3. The molecule has 0 saturated carbocycles. The summed E-state index contributed by atoms with van der Waals surface area (Å²) in [4.78, 5) is 13.4. The Morgan fingerprint density at radius 1 is 0.889 bits per heavy atom. The molecule has 0 bridgehead atoms. The first-order chi connectivity index (χ1) is 17.4. The van der Waals surface area contributed by atoms with E-state index in [2.05, 4.69) is 20.9 Å². The third kappa shape index (κ3) is 4.99. The number of nitrogens with zero attached hydrogens (tertiary/aromatic N) is 4. The number of fused-ring (bicyclic) bond motifs is 1. The molecule has 1 saturated heterocycles. The Balaban J connectivity index is 1.46. The lowest BCUT2D eigenvalue weighted by atomic mass is 10.0. The number of anilines is 1. The Morgan fingerprint density at radius 3 is 2.44 bits per heavy atom. The van der Waals surface area contributed by atoms with E-state index >= 15 is 0 Å². The van der Waals surface area contributed by atoms with Gasteiger partial charge < -0.3 is 9.64 Å². The highest BCUT2D eigenvalue weighted by molar-refractivity contribution is 5.99. The van der Waals surface area contributed by atoms with Gasteiger partial charge in [0.05, 0.1) is 12.6 Å². The van der Waals surface area contributed by atoms with E-state index in [-0.39, 0.29) is 0 Å². The Morgan fingerprint density at radius 2 is 1.67 bits per heavy atom. The molecule has 1 aliphatic heterocycles. The van der Waals surface area contributed by atoms with E-state index < -0.39 is 11.9 Å². The summed E-state index contributed by atoms with van der Waals surface area (Å²) in [6, 6.07) is 19.9. The number of ether oxygens (including phenoxy) is 1. The average molecular weight is 493 g/mol. The zero-order valence-electron chi connectivity index (χ0n) is 20.0. The predicted octanol–water partition coefficient (Wildman–Crippen LogP) is 6.04. The zero-order valence-corrected chi connectivity index (χ0v) is 20.0. The highest BCUT2D eigenvalue weighted by atomic mass is 19.4. The Bertz CT molecular complexity index is 1340. The van der Waals surface area contributed by atoms with Crippen molar-refractivity contribution in [2.45, 2.75) is 19.1 Å². The second-order valence-electron chi connectivity index (χ2n) is 8.88. The molecule has 36 heavy (non-hydrogen) atoms. The molecule has 0 spiro atoms. The van der Waals surface area contributed by atoms with Crippen LogP contribution >= 0.6 is 0 Å². The molecule has 2 aromatic heterocycles. The minimum absolute atomic E-state index is 0.316. The van der Waals surface area contributed by atoms with Crippen molar-refractivity contribution in [3.8, 4) is 16.9 Å². The van der Waals surface area contributed by atoms with Gasteiger partial charge in [-0.05, 0) is 30.2 Å². The molecule has 8 heteroatoms. The highest BCUT2D eigenvalue weighted by Gasteiger charge is 2.33. The van der Waals surface area contributed by atoms with Gasteiger partial charge in [-0.1, -0.05) is 48.5 Å². The van der Waals surface area contributed by atoms with Crippen LogP contribution in [0, 0.1) is 0 Å². The summed E-state index contributed by atoms with van der Waals surface area (Å²) in [6.07, 6.45) is -1.96. The largest absolute Gasteiger partial charge is 0.496 e. The maximum Gasteiger partial charge on any atom is 0.433 e. The van der Waals surface area contributed by atoms with Gasteiger partial charge in [0.1, 0.15) is 17.3 Å². The SMILES string of the molecule is COc1ccccc1CN1CCCN(c2ncc(-c3ccccc3)c3nc(C(F)(F)F)ccc23)CC1. The van der Waals surface area contributed by atoms with Gasteiger partial charge in [-0.15, -0.1) is 0 Å². The van der Waals surface area contributed by atoms with Gasteiger partial charge in [-0.25, -0.2) is 9.97 Å². The second kappa shape index (κ2) is 10.1. The van der Waals surface area contributed by atoms with Gasteiger partial charge in [-0.3, -0.25) is 4.90 Å². The van der Waals surface area contributed by atoms with Crippen LogP contribution in [0.2, 0.25) is 0 Å². The topological polar surface area (TPSA) is 41.5 Å². The summed E-state index contributed by atoms with van der Waals surface area (Å²) >= 11 is 0. The van der Waals surface area contributed by atoms with Crippen LogP contribution < -0.4 is 9.64 Å². The van der Waals surface area contributed by atoms with E-state index in [1.165, 1.54) is 6.07 Å². The molecule has 3 heterocycles. The number of aromatic nitrogens is 2. The minimum Gasteiger partial charge on any atom is -0.496 e. The van der Waals surface area contributed by atoms with Crippen LogP contribution in [0.3, 0.4) is 0 Å². The van der Waals surface area contributed by atoms with Crippen LogP contribution in [0.25, 0.3) is 22.0 Å². The molecule has 0 unspecified atom stereocenters. The van der Waals surface area contributed by atoms with E-state index in [4.69, 9.17) is 9.72 Å². The fraction of sp³-hybridized carbons (Fsp3) is 0.286. The summed E-state index contributed by atoms with van der Waals surface area (Å²) in [7, 11) is 1.68. The Labute approximate surface area is 208 Å². The number of benzene rings is 2. The van der Waals surface area contributed by atoms with Crippen molar-refractivity contribution in [3.63, 3.8) is 0 Å². The third-order valence-corrected chi connectivity index (χ3v) is 6.56. The lowest BCUT2D eigenvalue weighted by Crippen LogP contribution is -2.31. The molecule has 186 valence electrons. The molecular formula is C28H27F3N4O. The molecule has 2 aromatic carbocycles. The van der Waals surface area contributed by atoms with Crippen LogP contribution in [-0.2, 0) is 12.7 Å². The lowest BCUT2D eigenvalue weighted by molar-refractivity contribution is -0.140. The number of methoxy groups -OCH3 is 1. The zero-order chi connectivity index (χ0) is 25.1. The summed E-state index contributed by atoms with van der Waals surface area (Å²) in [5.74, 6) is 1.54. The van der Waals surface area contributed by atoms with E-state index in [1.807, 2.05) is 48.5 Å². The number of rotatable bonds is 5. The molecular weight excluding hydrogens is 465 g/mol. The maximum atomic E-state index is 13.5. The fourth-order valence-corrected chi connectivity index (χ4v) is 4.76. The molecule has 4 aromatic rings. The lowest BCUT2D eigenvalue weighted by Gasteiger charge is -2.25. The monoisotopic (exact) mass is 492 g/mol. The van der Waals surface area contributed by atoms with Crippen molar-refractivity contribution in [2.75, 3.05) is 38.2 Å². The number of alkyl halides is 3. The van der Waals surface area contributed by atoms with Crippen molar-refractivity contribution in [2.24, 2.45) is 0 Å². The van der Waals surface area contributed by atoms with Gasteiger partial charge in [0.2, 0.25) is 0 Å². The summed E-state index contributed by atoms with van der Waals surface area (Å²) in [5.41, 5.74) is 1.92. The summed E-state index contributed by atoms with van der Waals surface area (Å²) in [6.45, 7) is 3.95. The van der Waals surface area contributed by atoms with Crippen molar-refractivity contribution in [3.05, 3.63) is 84.2 Å². The maximum absolute atomic E-state index is 13.5.